The minimum atomic E-state index is 0.297. The molecular formula is C50H43N3. The highest BCUT2D eigenvalue weighted by atomic mass is 15.0. The van der Waals surface area contributed by atoms with Crippen LogP contribution in [0.25, 0.3) is 56.5 Å². The Kier molecular flexibility index (Phi) is 7.80. The van der Waals surface area contributed by atoms with Gasteiger partial charge in [-0.25, -0.2) is 0 Å². The molecule has 53 heavy (non-hydrogen) atoms. The third kappa shape index (κ3) is 5.23. The van der Waals surface area contributed by atoms with Gasteiger partial charge >= 0.3 is 0 Å². The van der Waals surface area contributed by atoms with Crippen molar-refractivity contribution < 1.29 is 0 Å². The van der Waals surface area contributed by atoms with Crippen LogP contribution < -0.4 is 10.6 Å². The maximum absolute atomic E-state index is 9.90. The number of benzene rings is 4. The van der Waals surface area contributed by atoms with E-state index >= 15 is 0 Å². The van der Waals surface area contributed by atoms with Crippen LogP contribution >= 0.6 is 0 Å². The van der Waals surface area contributed by atoms with Crippen molar-refractivity contribution in [3.8, 4) is 11.8 Å². The number of hydrogen-bond donors (Lipinski definition) is 0. The number of nitriles is 1. The molecule has 6 aromatic rings. The summed E-state index contributed by atoms with van der Waals surface area (Å²) in [7, 11) is 0. The second kappa shape index (κ2) is 13.0. The fraction of sp³-hybridized carbons (Fsp3) is 0.220. The molecule has 1 atom stereocenters. The van der Waals surface area contributed by atoms with Gasteiger partial charge in [-0.15, -0.1) is 0 Å². The Morgan fingerprint density at radius 1 is 0.717 bits per heavy atom. The zero-order valence-electron chi connectivity index (χ0n) is 30.4. The van der Waals surface area contributed by atoms with Gasteiger partial charge in [-0.2, -0.15) is 5.26 Å². The SMILES string of the molecule is Cc1cccc(-n2c3ccc(C#N)cc3c3cc(C4=CCCCC4c4ccccc4C4=c5c(c6c(n5C5=CCCC=C5)C=CCC6)=CCC4)ccc32)c1. The van der Waals surface area contributed by atoms with Crippen LogP contribution in [0.1, 0.15) is 96.4 Å². The van der Waals surface area contributed by atoms with Crippen LogP contribution in [0.15, 0.2) is 115 Å². The third-order valence-corrected chi connectivity index (χ3v) is 12.0. The van der Waals surface area contributed by atoms with Crippen LogP contribution in [0.2, 0.25) is 0 Å². The number of nitrogens with zero attached hydrogens (tertiary/aromatic N) is 3. The van der Waals surface area contributed by atoms with Crippen molar-refractivity contribution in [2.24, 2.45) is 0 Å². The Labute approximate surface area is 311 Å². The van der Waals surface area contributed by atoms with E-state index in [-0.39, 0.29) is 0 Å². The van der Waals surface area contributed by atoms with Crippen molar-refractivity contribution in [3.05, 3.63) is 165 Å². The minimum Gasteiger partial charge on any atom is -0.310 e. The summed E-state index contributed by atoms with van der Waals surface area (Å²) in [6.07, 6.45) is 26.9. The monoisotopic (exact) mass is 685 g/mol. The second-order valence-corrected chi connectivity index (χ2v) is 15.2. The van der Waals surface area contributed by atoms with E-state index in [1.54, 1.807) is 0 Å². The Bertz CT molecular complexity index is 2780. The van der Waals surface area contributed by atoms with E-state index in [1.165, 1.54) is 78.2 Å². The second-order valence-electron chi connectivity index (χ2n) is 15.2. The molecule has 3 nitrogen and oxygen atoms in total. The summed E-state index contributed by atoms with van der Waals surface area (Å²) in [6.45, 7) is 2.15. The third-order valence-electron chi connectivity index (χ3n) is 12.0. The molecule has 258 valence electrons. The first-order valence-corrected chi connectivity index (χ1v) is 19.5. The molecule has 4 aliphatic rings. The highest BCUT2D eigenvalue weighted by Crippen LogP contribution is 2.44. The van der Waals surface area contributed by atoms with Crippen molar-refractivity contribution in [2.45, 2.75) is 70.6 Å². The van der Waals surface area contributed by atoms with E-state index < -0.39 is 0 Å². The number of aromatic nitrogens is 2. The van der Waals surface area contributed by atoms with Gasteiger partial charge in [-0.05, 0) is 158 Å². The first kappa shape index (κ1) is 31.9. The molecule has 2 aromatic heterocycles. The lowest BCUT2D eigenvalue weighted by Gasteiger charge is -2.28. The summed E-state index contributed by atoms with van der Waals surface area (Å²) in [5, 5.41) is 15.1. The van der Waals surface area contributed by atoms with E-state index in [1.807, 2.05) is 6.07 Å². The van der Waals surface area contributed by atoms with E-state index in [4.69, 9.17) is 0 Å². The van der Waals surface area contributed by atoms with Crippen molar-refractivity contribution >= 4 is 50.8 Å². The largest absolute Gasteiger partial charge is 0.310 e. The van der Waals surface area contributed by atoms with Gasteiger partial charge in [0, 0.05) is 39.0 Å². The van der Waals surface area contributed by atoms with Crippen LogP contribution in [0.5, 0.6) is 0 Å². The molecule has 0 aliphatic heterocycles. The summed E-state index contributed by atoms with van der Waals surface area (Å²) in [5.74, 6) is 0.297. The Balaban J connectivity index is 1.16. The highest BCUT2D eigenvalue weighted by molar-refractivity contribution is 6.10. The topological polar surface area (TPSA) is 33.6 Å². The van der Waals surface area contributed by atoms with Crippen molar-refractivity contribution in [2.75, 3.05) is 0 Å². The van der Waals surface area contributed by atoms with Gasteiger partial charge < -0.3 is 9.13 Å². The van der Waals surface area contributed by atoms with Crippen molar-refractivity contribution in [1.82, 2.24) is 9.13 Å². The van der Waals surface area contributed by atoms with E-state index in [0.717, 1.165) is 68.0 Å². The molecule has 0 spiro atoms. The molecule has 2 heterocycles. The van der Waals surface area contributed by atoms with Gasteiger partial charge in [0.15, 0.2) is 0 Å². The lowest BCUT2D eigenvalue weighted by atomic mass is 9.76. The standard InChI is InChI=1S/C50H43N3/c1-33-13-11-16-37(29-33)52-48-27-25-34(32-51)30-45(48)46-31-35(26-28-49(46)52)38-17-5-6-18-39(38)40-19-7-8-20-41(40)43-22-12-23-44-42-21-9-10-24-47(42)53(50(43)44)36-14-3-2-4-15-36/h3,7-8,10-11,13-17,19-20,23-31,39H,2,4-6,9,12,18,21-22H2,1H3. The van der Waals surface area contributed by atoms with Gasteiger partial charge in [-0.1, -0.05) is 72.8 Å². The van der Waals surface area contributed by atoms with Crippen molar-refractivity contribution in [1.29, 1.82) is 5.26 Å². The summed E-state index contributed by atoms with van der Waals surface area (Å²) in [6, 6.07) is 33.6. The normalized spacial score (nSPS) is 18.0. The number of hydrogen-bond acceptors (Lipinski definition) is 1. The molecular weight excluding hydrogens is 643 g/mol. The number of rotatable bonds is 5. The maximum atomic E-state index is 9.90. The van der Waals surface area contributed by atoms with Crippen LogP contribution in [-0.4, -0.2) is 9.13 Å². The molecule has 0 amide bonds. The van der Waals surface area contributed by atoms with Crippen LogP contribution in [0.3, 0.4) is 0 Å². The Morgan fingerprint density at radius 2 is 1.58 bits per heavy atom. The predicted octanol–water partition coefficient (Wildman–Crippen LogP) is 11.0. The molecule has 0 saturated heterocycles. The lowest BCUT2D eigenvalue weighted by molar-refractivity contribution is 0.667. The summed E-state index contributed by atoms with van der Waals surface area (Å²) in [4.78, 5) is 0. The molecule has 3 heteroatoms. The molecule has 0 radical (unpaired) electrons. The minimum absolute atomic E-state index is 0.297. The predicted molar refractivity (Wildman–Crippen MR) is 221 cm³/mol. The average Bonchev–Trinajstić information content (AvgIpc) is 3.73. The molecule has 4 aromatic carbocycles. The van der Waals surface area contributed by atoms with Gasteiger partial charge in [0.2, 0.25) is 0 Å². The average molecular weight is 686 g/mol. The summed E-state index contributed by atoms with van der Waals surface area (Å²) < 4.78 is 4.96. The number of allylic oxidation sites excluding steroid dienone is 7. The molecule has 0 N–H and O–H groups in total. The van der Waals surface area contributed by atoms with E-state index in [2.05, 4.69) is 144 Å². The van der Waals surface area contributed by atoms with Crippen molar-refractivity contribution in [3.63, 3.8) is 0 Å². The lowest BCUT2D eigenvalue weighted by Crippen LogP contribution is -2.35. The quantitative estimate of drug-likeness (QED) is 0.178. The molecule has 4 aliphatic carbocycles. The van der Waals surface area contributed by atoms with E-state index in [0.29, 0.717) is 11.5 Å². The van der Waals surface area contributed by atoms with Crippen LogP contribution in [0, 0.1) is 18.3 Å². The first-order chi connectivity index (χ1) is 26.2. The van der Waals surface area contributed by atoms with Gasteiger partial charge in [0.05, 0.1) is 28.0 Å². The fourth-order valence-electron chi connectivity index (χ4n) is 9.72. The first-order valence-electron chi connectivity index (χ1n) is 19.5. The van der Waals surface area contributed by atoms with Crippen LogP contribution in [0.4, 0.5) is 0 Å². The molecule has 0 fully saturated rings. The number of aryl methyl sites for hydroxylation is 1. The molecule has 0 bridgehead atoms. The zero-order valence-corrected chi connectivity index (χ0v) is 30.4. The van der Waals surface area contributed by atoms with Gasteiger partial charge in [-0.3, -0.25) is 0 Å². The smallest absolute Gasteiger partial charge is 0.0991 e. The maximum Gasteiger partial charge on any atom is 0.0991 e. The van der Waals surface area contributed by atoms with Gasteiger partial charge in [0.1, 0.15) is 0 Å². The zero-order chi connectivity index (χ0) is 35.5. The summed E-state index contributed by atoms with van der Waals surface area (Å²) in [5.41, 5.74) is 16.7. The Morgan fingerprint density at radius 3 is 2.45 bits per heavy atom. The van der Waals surface area contributed by atoms with Crippen LogP contribution in [-0.2, 0) is 6.42 Å². The van der Waals surface area contributed by atoms with Gasteiger partial charge in [0.25, 0.3) is 0 Å². The number of fused-ring (bicyclic) bond motifs is 6. The fourth-order valence-corrected chi connectivity index (χ4v) is 9.72. The molecule has 1 unspecified atom stereocenters. The molecule has 10 rings (SSSR count). The highest BCUT2D eigenvalue weighted by Gasteiger charge is 2.28. The van der Waals surface area contributed by atoms with E-state index in [9.17, 15) is 5.26 Å². The molecule has 0 saturated carbocycles. The summed E-state index contributed by atoms with van der Waals surface area (Å²) >= 11 is 0. The Hall–Kier alpha value is -5.85.